The molecule has 2 rings (SSSR count). The molecule has 1 aromatic heterocycles. The molecule has 0 unspecified atom stereocenters. The number of amides is 1. The fourth-order valence-corrected chi connectivity index (χ4v) is 2.13. The van der Waals surface area contributed by atoms with Crippen LogP contribution in [0.15, 0.2) is 53.1 Å². The van der Waals surface area contributed by atoms with Crippen LogP contribution in [0.1, 0.15) is 41.9 Å². The molecule has 1 aromatic carbocycles. The smallest absolute Gasteiger partial charge is 0.374 e. The van der Waals surface area contributed by atoms with Crippen LogP contribution in [-0.2, 0) is 9.53 Å². The van der Waals surface area contributed by atoms with Crippen molar-refractivity contribution in [3.05, 3.63) is 60.1 Å². The summed E-state index contributed by atoms with van der Waals surface area (Å²) in [5.74, 6) is -0.893. The molecule has 22 heavy (non-hydrogen) atoms. The van der Waals surface area contributed by atoms with Crippen LogP contribution in [0.5, 0.6) is 0 Å². The van der Waals surface area contributed by atoms with Gasteiger partial charge >= 0.3 is 5.97 Å². The highest BCUT2D eigenvalue weighted by Crippen LogP contribution is 2.17. The second-order valence-electron chi connectivity index (χ2n) is 4.87. The van der Waals surface area contributed by atoms with Crippen molar-refractivity contribution in [2.45, 2.75) is 25.8 Å². The maximum Gasteiger partial charge on any atom is 0.374 e. The van der Waals surface area contributed by atoms with E-state index in [9.17, 15) is 9.59 Å². The van der Waals surface area contributed by atoms with Gasteiger partial charge in [-0.1, -0.05) is 43.7 Å². The summed E-state index contributed by atoms with van der Waals surface area (Å²) in [6.45, 7) is 1.73. The Balaban J connectivity index is 1.87. The fraction of sp³-hybridized carbons (Fsp3) is 0.294. The number of esters is 1. The van der Waals surface area contributed by atoms with Gasteiger partial charge in [-0.2, -0.15) is 0 Å². The number of carbonyl (C=O) groups is 2. The quantitative estimate of drug-likeness (QED) is 0.798. The molecule has 1 atom stereocenters. The predicted molar refractivity (Wildman–Crippen MR) is 81.2 cm³/mol. The Morgan fingerprint density at radius 1 is 1.18 bits per heavy atom. The molecular weight excluding hydrogens is 282 g/mol. The molecule has 0 aliphatic heterocycles. The highest BCUT2D eigenvalue weighted by molar-refractivity contribution is 5.88. The van der Waals surface area contributed by atoms with E-state index in [2.05, 4.69) is 12.2 Å². The standard InChI is InChI=1S/C17H19NO4/c1-2-7-14(13-8-4-3-5-9-13)18-16(19)12-22-17(20)15-10-6-11-21-15/h3-6,8-11,14H,2,7,12H2,1H3,(H,18,19)/t14-/m1/s1. The van der Waals surface area contributed by atoms with Gasteiger partial charge in [0.15, 0.2) is 6.61 Å². The van der Waals surface area contributed by atoms with Gasteiger partial charge in [0.05, 0.1) is 12.3 Å². The van der Waals surface area contributed by atoms with Crippen LogP contribution in [-0.4, -0.2) is 18.5 Å². The summed E-state index contributed by atoms with van der Waals surface area (Å²) >= 11 is 0. The maximum absolute atomic E-state index is 12.0. The number of rotatable bonds is 7. The average Bonchev–Trinajstić information content (AvgIpc) is 3.07. The SMILES string of the molecule is CCC[C@@H](NC(=O)COC(=O)c1ccco1)c1ccccc1. The van der Waals surface area contributed by atoms with Gasteiger partial charge in [0, 0.05) is 0 Å². The molecule has 0 aliphatic carbocycles. The Morgan fingerprint density at radius 2 is 1.95 bits per heavy atom. The molecule has 1 heterocycles. The lowest BCUT2D eigenvalue weighted by Gasteiger charge is -2.18. The first-order valence-corrected chi connectivity index (χ1v) is 7.25. The van der Waals surface area contributed by atoms with Crippen molar-refractivity contribution in [1.29, 1.82) is 0 Å². The van der Waals surface area contributed by atoms with Gasteiger partial charge < -0.3 is 14.5 Å². The van der Waals surface area contributed by atoms with E-state index < -0.39 is 5.97 Å². The second kappa shape index (κ2) is 8.02. The maximum atomic E-state index is 12.0. The van der Waals surface area contributed by atoms with Crippen LogP contribution in [0.25, 0.3) is 0 Å². The minimum Gasteiger partial charge on any atom is -0.457 e. The molecule has 1 N–H and O–H groups in total. The Bertz CT molecular complexity index is 592. The van der Waals surface area contributed by atoms with E-state index in [0.717, 1.165) is 18.4 Å². The van der Waals surface area contributed by atoms with Crippen LogP contribution < -0.4 is 5.32 Å². The summed E-state index contributed by atoms with van der Waals surface area (Å²) in [4.78, 5) is 23.6. The summed E-state index contributed by atoms with van der Waals surface area (Å²) in [6.07, 6.45) is 3.14. The minimum absolute atomic E-state index is 0.0824. The molecule has 116 valence electrons. The molecule has 5 nitrogen and oxygen atoms in total. The Morgan fingerprint density at radius 3 is 2.59 bits per heavy atom. The van der Waals surface area contributed by atoms with E-state index in [1.165, 1.54) is 12.3 Å². The number of carbonyl (C=O) groups excluding carboxylic acids is 2. The van der Waals surface area contributed by atoms with E-state index in [1.807, 2.05) is 30.3 Å². The molecule has 0 radical (unpaired) electrons. The third kappa shape index (κ3) is 4.48. The van der Waals surface area contributed by atoms with Crippen molar-refractivity contribution in [3.8, 4) is 0 Å². The number of furan rings is 1. The summed E-state index contributed by atoms with van der Waals surface area (Å²) < 4.78 is 9.83. The lowest BCUT2D eigenvalue weighted by atomic mass is 10.0. The first-order chi connectivity index (χ1) is 10.7. The van der Waals surface area contributed by atoms with Crippen LogP contribution in [0, 0.1) is 0 Å². The molecular formula is C17H19NO4. The van der Waals surface area contributed by atoms with E-state index in [1.54, 1.807) is 6.07 Å². The molecule has 0 spiro atoms. The van der Waals surface area contributed by atoms with Gasteiger partial charge in [-0.3, -0.25) is 4.79 Å². The molecule has 0 aliphatic rings. The van der Waals surface area contributed by atoms with Crippen molar-refractivity contribution >= 4 is 11.9 Å². The summed E-state index contributed by atoms with van der Waals surface area (Å²) in [5.41, 5.74) is 1.04. The third-order valence-electron chi connectivity index (χ3n) is 3.17. The van der Waals surface area contributed by atoms with Crippen molar-refractivity contribution in [2.24, 2.45) is 0 Å². The topological polar surface area (TPSA) is 68.5 Å². The number of benzene rings is 1. The highest BCUT2D eigenvalue weighted by atomic mass is 16.5. The minimum atomic E-state index is -0.646. The summed E-state index contributed by atoms with van der Waals surface area (Å²) in [5, 5.41) is 2.89. The zero-order valence-electron chi connectivity index (χ0n) is 12.5. The normalized spacial score (nSPS) is 11.7. The van der Waals surface area contributed by atoms with Gasteiger partial charge in [-0.15, -0.1) is 0 Å². The van der Waals surface area contributed by atoms with E-state index >= 15 is 0 Å². The van der Waals surface area contributed by atoms with Crippen molar-refractivity contribution < 1.29 is 18.7 Å². The number of ether oxygens (including phenoxy) is 1. The molecule has 1 amide bonds. The van der Waals surface area contributed by atoms with E-state index in [0.29, 0.717) is 0 Å². The molecule has 2 aromatic rings. The zero-order valence-corrected chi connectivity index (χ0v) is 12.5. The van der Waals surface area contributed by atoms with E-state index in [-0.39, 0.29) is 24.3 Å². The van der Waals surface area contributed by atoms with Crippen molar-refractivity contribution in [2.75, 3.05) is 6.61 Å². The fourth-order valence-electron chi connectivity index (χ4n) is 2.13. The summed E-state index contributed by atoms with van der Waals surface area (Å²) in [6, 6.07) is 12.7. The molecule has 0 bridgehead atoms. The van der Waals surface area contributed by atoms with Gasteiger partial charge in [0.1, 0.15) is 0 Å². The van der Waals surface area contributed by atoms with Gasteiger partial charge in [-0.25, -0.2) is 4.79 Å². The molecule has 0 saturated carbocycles. The second-order valence-corrected chi connectivity index (χ2v) is 4.87. The van der Waals surface area contributed by atoms with Crippen LogP contribution in [0.3, 0.4) is 0 Å². The highest BCUT2D eigenvalue weighted by Gasteiger charge is 2.16. The van der Waals surface area contributed by atoms with Gasteiger partial charge in [0.2, 0.25) is 5.76 Å². The monoisotopic (exact) mass is 301 g/mol. The predicted octanol–water partition coefficient (Wildman–Crippen LogP) is 3.09. The molecule has 5 heteroatoms. The van der Waals surface area contributed by atoms with Crippen LogP contribution in [0.4, 0.5) is 0 Å². The summed E-state index contributed by atoms with van der Waals surface area (Å²) in [7, 11) is 0. The molecule has 0 saturated heterocycles. The van der Waals surface area contributed by atoms with Crippen LogP contribution in [0.2, 0.25) is 0 Å². The number of hydrogen-bond acceptors (Lipinski definition) is 4. The van der Waals surface area contributed by atoms with Crippen molar-refractivity contribution in [3.63, 3.8) is 0 Å². The third-order valence-corrected chi connectivity index (χ3v) is 3.17. The zero-order chi connectivity index (χ0) is 15.8. The largest absolute Gasteiger partial charge is 0.457 e. The Kier molecular flexibility index (Phi) is 5.77. The average molecular weight is 301 g/mol. The van der Waals surface area contributed by atoms with Gasteiger partial charge in [0.25, 0.3) is 5.91 Å². The molecule has 0 fully saturated rings. The number of hydrogen-bond donors (Lipinski definition) is 1. The lowest BCUT2D eigenvalue weighted by molar-refractivity contribution is -0.125. The Labute approximate surface area is 129 Å². The van der Waals surface area contributed by atoms with Crippen LogP contribution >= 0.6 is 0 Å². The van der Waals surface area contributed by atoms with Gasteiger partial charge in [-0.05, 0) is 24.1 Å². The Hall–Kier alpha value is -2.56. The first kappa shape index (κ1) is 15.8. The van der Waals surface area contributed by atoms with E-state index in [4.69, 9.17) is 9.15 Å². The first-order valence-electron chi connectivity index (χ1n) is 7.25. The lowest BCUT2D eigenvalue weighted by Crippen LogP contribution is -2.32. The number of nitrogens with one attached hydrogen (secondary N) is 1. The van der Waals surface area contributed by atoms with Crippen molar-refractivity contribution in [1.82, 2.24) is 5.32 Å².